The third-order valence-electron chi connectivity index (χ3n) is 4.73. The van der Waals surface area contributed by atoms with Crippen molar-refractivity contribution in [2.45, 2.75) is 19.0 Å². The van der Waals surface area contributed by atoms with Crippen LogP contribution in [-0.2, 0) is 16.1 Å². The van der Waals surface area contributed by atoms with E-state index in [1.165, 1.54) is 30.6 Å². The number of methoxy groups -OCH3 is 1. The lowest BCUT2D eigenvalue weighted by Crippen LogP contribution is -2.45. The van der Waals surface area contributed by atoms with E-state index in [4.69, 9.17) is 13.6 Å². The molecule has 8 heteroatoms. The van der Waals surface area contributed by atoms with Crippen LogP contribution in [0.4, 0.5) is 5.69 Å². The van der Waals surface area contributed by atoms with Crippen molar-refractivity contribution in [3.8, 4) is 5.75 Å². The maximum atomic E-state index is 13.1. The second-order valence-electron chi connectivity index (χ2n) is 6.48. The van der Waals surface area contributed by atoms with Gasteiger partial charge >= 0.3 is 0 Å². The Balaban J connectivity index is 1.64. The number of hydrogen-bond donors (Lipinski definition) is 0. The highest BCUT2D eigenvalue weighted by molar-refractivity contribution is 6.23. The van der Waals surface area contributed by atoms with Gasteiger partial charge < -0.3 is 18.5 Å². The topological polar surface area (TPSA) is 93.2 Å². The first kappa shape index (κ1) is 18.5. The lowest BCUT2D eigenvalue weighted by Gasteiger charge is -2.26. The molecular formula is C21H18N2O6. The molecular weight excluding hydrogens is 376 g/mol. The first-order valence-corrected chi connectivity index (χ1v) is 8.96. The molecule has 1 unspecified atom stereocenters. The van der Waals surface area contributed by atoms with Crippen LogP contribution in [0.2, 0.25) is 0 Å². The minimum atomic E-state index is -0.965. The number of amides is 3. The van der Waals surface area contributed by atoms with Crippen LogP contribution in [0.15, 0.2) is 69.9 Å². The average Bonchev–Trinajstić information content (AvgIpc) is 3.48. The first-order valence-electron chi connectivity index (χ1n) is 8.96. The SMILES string of the molecule is COc1ccc(N2C(=O)CC(N(Cc3ccco3)C(=O)c3ccco3)C2=O)cc1. The van der Waals surface area contributed by atoms with Crippen LogP contribution >= 0.6 is 0 Å². The van der Waals surface area contributed by atoms with Gasteiger partial charge in [-0.05, 0) is 48.5 Å². The van der Waals surface area contributed by atoms with Gasteiger partial charge in [-0.3, -0.25) is 14.4 Å². The summed E-state index contributed by atoms with van der Waals surface area (Å²) >= 11 is 0. The average molecular weight is 394 g/mol. The van der Waals surface area contributed by atoms with Crippen molar-refractivity contribution in [1.29, 1.82) is 0 Å². The third kappa shape index (κ3) is 3.52. The summed E-state index contributed by atoms with van der Waals surface area (Å²) in [5.41, 5.74) is 0.423. The van der Waals surface area contributed by atoms with Crippen LogP contribution in [0.1, 0.15) is 22.7 Å². The Kier molecular flexibility index (Phi) is 4.90. The number of carbonyl (C=O) groups excluding carboxylic acids is 3. The molecule has 3 aromatic rings. The maximum Gasteiger partial charge on any atom is 0.290 e. The van der Waals surface area contributed by atoms with Gasteiger partial charge in [0.05, 0.1) is 38.3 Å². The lowest BCUT2D eigenvalue weighted by atomic mass is 10.2. The molecule has 3 heterocycles. The van der Waals surface area contributed by atoms with Gasteiger partial charge in [0.1, 0.15) is 17.6 Å². The number of nitrogens with zero attached hydrogens (tertiary/aromatic N) is 2. The Hall–Kier alpha value is -3.81. The molecule has 1 fully saturated rings. The Bertz CT molecular complexity index is 1010. The number of furan rings is 2. The minimum absolute atomic E-state index is 0.0344. The van der Waals surface area contributed by atoms with Gasteiger partial charge in [0.15, 0.2) is 5.76 Å². The van der Waals surface area contributed by atoms with Gasteiger partial charge in [0.25, 0.3) is 11.8 Å². The van der Waals surface area contributed by atoms with Gasteiger partial charge in [0, 0.05) is 0 Å². The predicted octanol–water partition coefficient (Wildman–Crippen LogP) is 2.86. The molecule has 8 nitrogen and oxygen atoms in total. The zero-order valence-corrected chi connectivity index (χ0v) is 15.6. The molecule has 1 atom stereocenters. The fourth-order valence-corrected chi connectivity index (χ4v) is 3.30. The van der Waals surface area contributed by atoms with Crippen molar-refractivity contribution in [2.75, 3.05) is 12.0 Å². The first-order chi connectivity index (χ1) is 14.1. The summed E-state index contributed by atoms with van der Waals surface area (Å²) in [4.78, 5) is 41.2. The van der Waals surface area contributed by atoms with Crippen molar-refractivity contribution < 1.29 is 28.0 Å². The number of carbonyl (C=O) groups is 3. The van der Waals surface area contributed by atoms with Crippen LogP contribution < -0.4 is 9.64 Å². The van der Waals surface area contributed by atoms with E-state index in [0.29, 0.717) is 17.2 Å². The number of benzene rings is 1. The van der Waals surface area contributed by atoms with Crippen LogP contribution in [-0.4, -0.2) is 35.8 Å². The van der Waals surface area contributed by atoms with Crippen molar-refractivity contribution in [2.24, 2.45) is 0 Å². The fourth-order valence-electron chi connectivity index (χ4n) is 3.30. The molecule has 148 valence electrons. The van der Waals surface area contributed by atoms with Gasteiger partial charge in [-0.15, -0.1) is 0 Å². The summed E-state index contributed by atoms with van der Waals surface area (Å²) in [5.74, 6) is -0.174. The summed E-state index contributed by atoms with van der Waals surface area (Å²) in [7, 11) is 1.53. The monoisotopic (exact) mass is 394 g/mol. The zero-order chi connectivity index (χ0) is 20.4. The van der Waals surface area contributed by atoms with Gasteiger partial charge in [-0.2, -0.15) is 0 Å². The van der Waals surface area contributed by atoms with E-state index in [1.807, 2.05) is 0 Å². The van der Waals surface area contributed by atoms with Gasteiger partial charge in [-0.1, -0.05) is 0 Å². The molecule has 0 aliphatic carbocycles. The molecule has 1 aliphatic heterocycles. The van der Waals surface area contributed by atoms with E-state index >= 15 is 0 Å². The molecule has 0 spiro atoms. The van der Waals surface area contributed by atoms with E-state index < -0.39 is 17.9 Å². The molecule has 0 radical (unpaired) electrons. The van der Waals surface area contributed by atoms with Crippen LogP contribution in [0.3, 0.4) is 0 Å². The van der Waals surface area contributed by atoms with Crippen molar-refractivity contribution in [3.05, 3.63) is 72.6 Å². The number of rotatable bonds is 6. The Morgan fingerprint density at radius 3 is 2.45 bits per heavy atom. The number of imide groups is 1. The van der Waals surface area contributed by atoms with E-state index in [2.05, 4.69) is 0 Å². The fraction of sp³-hybridized carbons (Fsp3) is 0.190. The Morgan fingerprint density at radius 2 is 1.83 bits per heavy atom. The molecule has 0 N–H and O–H groups in total. The molecule has 2 aromatic heterocycles. The molecule has 29 heavy (non-hydrogen) atoms. The number of anilines is 1. The largest absolute Gasteiger partial charge is 0.497 e. The van der Waals surface area contributed by atoms with Crippen LogP contribution in [0, 0.1) is 0 Å². The second-order valence-corrected chi connectivity index (χ2v) is 6.48. The van der Waals surface area contributed by atoms with Gasteiger partial charge in [0.2, 0.25) is 5.91 Å². The second kappa shape index (κ2) is 7.67. The van der Waals surface area contributed by atoms with Crippen molar-refractivity contribution in [1.82, 2.24) is 4.90 Å². The van der Waals surface area contributed by atoms with Crippen molar-refractivity contribution in [3.63, 3.8) is 0 Å². The number of hydrogen-bond acceptors (Lipinski definition) is 6. The smallest absolute Gasteiger partial charge is 0.290 e. The van der Waals surface area contributed by atoms with E-state index in [1.54, 1.807) is 42.5 Å². The van der Waals surface area contributed by atoms with E-state index in [9.17, 15) is 14.4 Å². The summed E-state index contributed by atoms with van der Waals surface area (Å²) < 4.78 is 15.7. The van der Waals surface area contributed by atoms with Crippen molar-refractivity contribution >= 4 is 23.4 Å². The molecule has 0 bridgehead atoms. The standard InChI is InChI=1S/C21H18N2O6/c1-27-15-8-6-14(7-9-15)23-19(24)12-17(20(23)25)22(13-16-4-2-10-28-16)21(26)18-5-3-11-29-18/h2-11,17H,12-13H2,1H3. The molecule has 3 amide bonds. The summed E-state index contributed by atoms with van der Waals surface area (Å²) in [6.45, 7) is 0.0344. The van der Waals surface area contributed by atoms with E-state index in [-0.39, 0.29) is 24.6 Å². The highest BCUT2D eigenvalue weighted by atomic mass is 16.5. The highest BCUT2D eigenvalue weighted by Gasteiger charge is 2.45. The molecule has 1 aliphatic rings. The molecule has 1 saturated heterocycles. The summed E-state index contributed by atoms with van der Waals surface area (Å²) in [6.07, 6.45) is 2.73. The quantitative estimate of drug-likeness (QED) is 0.597. The molecule has 1 aromatic carbocycles. The van der Waals surface area contributed by atoms with E-state index in [0.717, 1.165) is 4.90 Å². The van der Waals surface area contributed by atoms with Crippen LogP contribution in [0.5, 0.6) is 5.75 Å². The Labute approximate surface area is 166 Å². The lowest BCUT2D eigenvalue weighted by molar-refractivity contribution is -0.122. The highest BCUT2D eigenvalue weighted by Crippen LogP contribution is 2.29. The third-order valence-corrected chi connectivity index (χ3v) is 4.73. The van der Waals surface area contributed by atoms with Crippen LogP contribution in [0.25, 0.3) is 0 Å². The van der Waals surface area contributed by atoms with Gasteiger partial charge in [-0.25, -0.2) is 4.90 Å². The maximum absolute atomic E-state index is 13.1. The predicted molar refractivity (Wildman–Crippen MR) is 101 cm³/mol. The normalized spacial score (nSPS) is 16.3. The molecule has 4 rings (SSSR count). The number of ether oxygens (including phenoxy) is 1. The summed E-state index contributed by atoms with van der Waals surface area (Å²) in [6, 6.07) is 12.1. The minimum Gasteiger partial charge on any atom is -0.497 e. The summed E-state index contributed by atoms with van der Waals surface area (Å²) in [5, 5.41) is 0. The Morgan fingerprint density at radius 1 is 1.10 bits per heavy atom. The molecule has 0 saturated carbocycles. The zero-order valence-electron chi connectivity index (χ0n) is 15.6.